The van der Waals surface area contributed by atoms with Crippen LogP contribution in [0.2, 0.25) is 0 Å². The molecule has 7 heteroatoms. The van der Waals surface area contributed by atoms with E-state index < -0.39 is 0 Å². The smallest absolute Gasteiger partial charge is 0.254 e. The van der Waals surface area contributed by atoms with Crippen molar-refractivity contribution in [2.75, 3.05) is 39.3 Å². The normalized spacial score (nSPS) is 23.4. The second-order valence-corrected chi connectivity index (χ2v) is 9.02. The van der Waals surface area contributed by atoms with Gasteiger partial charge in [-0.2, -0.15) is 5.10 Å². The first-order valence-corrected chi connectivity index (χ1v) is 11.1. The number of pyridine rings is 1. The molecule has 5 rings (SSSR count). The van der Waals surface area contributed by atoms with Crippen LogP contribution in [0.4, 0.5) is 0 Å². The highest BCUT2D eigenvalue weighted by Gasteiger charge is 2.31. The van der Waals surface area contributed by atoms with Crippen molar-refractivity contribution in [2.45, 2.75) is 57.6 Å². The molecule has 1 saturated carbocycles. The topological polar surface area (TPSA) is 63.5 Å². The van der Waals surface area contributed by atoms with Crippen LogP contribution in [0.5, 0.6) is 0 Å². The van der Waals surface area contributed by atoms with Gasteiger partial charge in [0, 0.05) is 57.0 Å². The molecule has 7 nitrogen and oxygen atoms in total. The Hall–Kier alpha value is -1.99. The summed E-state index contributed by atoms with van der Waals surface area (Å²) < 4.78 is 7.71. The van der Waals surface area contributed by atoms with E-state index in [1.165, 1.54) is 19.3 Å². The fourth-order valence-electron chi connectivity index (χ4n) is 4.56. The van der Waals surface area contributed by atoms with Crippen LogP contribution in [-0.2, 0) is 4.74 Å². The van der Waals surface area contributed by atoms with E-state index in [-0.39, 0.29) is 11.9 Å². The average Bonchev–Trinajstić information content (AvgIpc) is 3.28. The van der Waals surface area contributed by atoms with Gasteiger partial charge in [0.25, 0.3) is 5.91 Å². The lowest BCUT2D eigenvalue weighted by molar-refractivity contribution is 0.0433. The summed E-state index contributed by atoms with van der Waals surface area (Å²) in [5, 5.41) is 5.42. The zero-order valence-electron chi connectivity index (χ0n) is 17.5. The minimum Gasteiger partial charge on any atom is -0.377 e. The van der Waals surface area contributed by atoms with E-state index in [1.54, 1.807) is 0 Å². The highest BCUT2D eigenvalue weighted by atomic mass is 16.5. The number of ether oxygens (including phenoxy) is 1. The quantitative estimate of drug-likeness (QED) is 0.776. The molecular weight excluding hydrogens is 366 g/mol. The Labute approximate surface area is 172 Å². The molecule has 1 atom stereocenters. The fraction of sp³-hybridized carbons (Fsp3) is 0.682. The molecule has 0 spiro atoms. The fourth-order valence-corrected chi connectivity index (χ4v) is 4.56. The Morgan fingerprint density at radius 2 is 2.00 bits per heavy atom. The molecule has 0 unspecified atom stereocenters. The molecule has 29 heavy (non-hydrogen) atoms. The van der Waals surface area contributed by atoms with E-state index in [1.807, 2.05) is 21.8 Å². The second-order valence-electron chi connectivity index (χ2n) is 9.02. The van der Waals surface area contributed by atoms with Crippen LogP contribution in [0.3, 0.4) is 0 Å². The minimum absolute atomic E-state index is 0.124. The lowest BCUT2D eigenvalue weighted by Gasteiger charge is -2.35. The van der Waals surface area contributed by atoms with Crippen molar-refractivity contribution in [3.05, 3.63) is 23.5 Å². The predicted octanol–water partition coefficient (Wildman–Crippen LogP) is 2.83. The number of amides is 1. The molecule has 0 N–H and O–H groups in total. The van der Waals surface area contributed by atoms with Gasteiger partial charge in [0.05, 0.1) is 23.3 Å². The summed E-state index contributed by atoms with van der Waals surface area (Å²) in [4.78, 5) is 22.8. The number of carbonyl (C=O) groups excluding carboxylic acids is 1. The summed E-state index contributed by atoms with van der Waals surface area (Å²) in [6.07, 6.45) is 6.88. The molecule has 2 aliphatic heterocycles. The van der Waals surface area contributed by atoms with Crippen molar-refractivity contribution in [3.63, 3.8) is 0 Å². The molecule has 0 bridgehead atoms. The number of piperazine rings is 1. The molecule has 0 radical (unpaired) electrons. The van der Waals surface area contributed by atoms with Crippen LogP contribution in [0.1, 0.15) is 67.5 Å². The maximum absolute atomic E-state index is 13.5. The maximum Gasteiger partial charge on any atom is 0.254 e. The van der Waals surface area contributed by atoms with Crippen molar-refractivity contribution >= 4 is 16.9 Å². The van der Waals surface area contributed by atoms with E-state index in [2.05, 4.69) is 23.8 Å². The number of rotatable bonds is 5. The second kappa shape index (κ2) is 7.69. The van der Waals surface area contributed by atoms with Crippen LogP contribution in [0.15, 0.2) is 12.3 Å². The van der Waals surface area contributed by atoms with Gasteiger partial charge in [-0.3, -0.25) is 9.69 Å². The highest BCUT2D eigenvalue weighted by molar-refractivity contribution is 6.05. The summed E-state index contributed by atoms with van der Waals surface area (Å²) in [7, 11) is 0. The van der Waals surface area contributed by atoms with E-state index >= 15 is 0 Å². The minimum atomic E-state index is 0.124. The Bertz CT molecular complexity index is 890. The van der Waals surface area contributed by atoms with Crippen LogP contribution in [0, 0.1) is 0 Å². The zero-order chi connectivity index (χ0) is 20.0. The van der Waals surface area contributed by atoms with Crippen molar-refractivity contribution in [1.82, 2.24) is 24.6 Å². The van der Waals surface area contributed by atoms with Gasteiger partial charge < -0.3 is 9.64 Å². The van der Waals surface area contributed by atoms with Crippen LogP contribution < -0.4 is 0 Å². The summed E-state index contributed by atoms with van der Waals surface area (Å²) in [6, 6.07) is 2.26. The van der Waals surface area contributed by atoms with Crippen LogP contribution >= 0.6 is 0 Å². The first-order valence-electron chi connectivity index (χ1n) is 11.1. The molecule has 156 valence electrons. The molecule has 2 aromatic rings. The van der Waals surface area contributed by atoms with Gasteiger partial charge in [0.15, 0.2) is 5.65 Å². The number of carbonyl (C=O) groups is 1. The highest BCUT2D eigenvalue weighted by Crippen LogP contribution is 2.40. The van der Waals surface area contributed by atoms with Crippen molar-refractivity contribution in [1.29, 1.82) is 0 Å². The van der Waals surface area contributed by atoms with Gasteiger partial charge in [-0.15, -0.1) is 0 Å². The summed E-state index contributed by atoms with van der Waals surface area (Å²) in [5.41, 5.74) is 2.68. The Morgan fingerprint density at radius 1 is 1.21 bits per heavy atom. The van der Waals surface area contributed by atoms with Gasteiger partial charge in [-0.25, -0.2) is 9.67 Å². The molecule has 4 heterocycles. The molecule has 1 amide bonds. The van der Waals surface area contributed by atoms with Gasteiger partial charge in [-0.1, -0.05) is 0 Å². The van der Waals surface area contributed by atoms with E-state index in [9.17, 15) is 4.79 Å². The number of aromatic nitrogens is 3. The van der Waals surface area contributed by atoms with Crippen molar-refractivity contribution in [3.8, 4) is 0 Å². The number of nitrogens with zero attached hydrogens (tertiary/aromatic N) is 5. The predicted molar refractivity (Wildman–Crippen MR) is 111 cm³/mol. The van der Waals surface area contributed by atoms with Gasteiger partial charge in [0.2, 0.25) is 0 Å². The summed E-state index contributed by atoms with van der Waals surface area (Å²) in [6.45, 7) is 9.47. The standard InChI is InChI=1S/C22H31N5O2/c1-15(2)27-21-19(13-23-27)18(12-20(24-21)16-5-6-16)22(28)26-9-7-25(8-10-26)14-17-4-3-11-29-17/h12-13,15-17H,3-11,14H2,1-2H3/t17-/m1/s1. The van der Waals surface area contributed by atoms with Gasteiger partial charge in [0.1, 0.15) is 0 Å². The number of hydrogen-bond acceptors (Lipinski definition) is 5. The number of hydrogen-bond donors (Lipinski definition) is 0. The molecule has 3 fully saturated rings. The molecule has 1 aliphatic carbocycles. The number of fused-ring (bicyclic) bond motifs is 1. The maximum atomic E-state index is 13.5. The Morgan fingerprint density at radius 3 is 2.66 bits per heavy atom. The SMILES string of the molecule is CC(C)n1ncc2c(C(=O)N3CCN(C[C@H]4CCCO4)CC3)cc(C3CC3)nc21. The lowest BCUT2D eigenvalue weighted by Crippen LogP contribution is -2.50. The van der Waals surface area contributed by atoms with Crippen LogP contribution in [-0.4, -0.2) is 75.9 Å². The molecule has 3 aliphatic rings. The van der Waals surface area contributed by atoms with Crippen molar-refractivity contribution in [2.24, 2.45) is 0 Å². The third kappa shape index (κ3) is 3.78. The van der Waals surface area contributed by atoms with Crippen molar-refractivity contribution < 1.29 is 9.53 Å². The van der Waals surface area contributed by atoms with E-state index in [0.29, 0.717) is 12.0 Å². The third-order valence-corrected chi connectivity index (χ3v) is 6.45. The monoisotopic (exact) mass is 397 g/mol. The third-order valence-electron chi connectivity index (χ3n) is 6.45. The van der Waals surface area contributed by atoms with E-state index in [0.717, 1.165) is 68.0 Å². The average molecular weight is 398 g/mol. The van der Waals surface area contributed by atoms with Gasteiger partial charge >= 0.3 is 0 Å². The molecular formula is C22H31N5O2. The molecule has 2 aromatic heterocycles. The zero-order valence-corrected chi connectivity index (χ0v) is 17.5. The van der Waals surface area contributed by atoms with E-state index in [4.69, 9.17) is 9.72 Å². The Balaban J connectivity index is 1.35. The largest absolute Gasteiger partial charge is 0.377 e. The molecule has 2 saturated heterocycles. The summed E-state index contributed by atoms with van der Waals surface area (Å²) >= 11 is 0. The first kappa shape index (κ1) is 19.0. The van der Waals surface area contributed by atoms with Crippen LogP contribution in [0.25, 0.3) is 11.0 Å². The molecule has 0 aromatic carbocycles. The first-order chi connectivity index (χ1) is 14.1. The summed E-state index contributed by atoms with van der Waals surface area (Å²) in [5.74, 6) is 0.629. The van der Waals surface area contributed by atoms with Gasteiger partial charge in [-0.05, 0) is 45.6 Å². The Kier molecular flexibility index (Phi) is 5.04. The lowest BCUT2D eigenvalue weighted by atomic mass is 10.1.